The highest BCUT2D eigenvalue weighted by atomic mass is 35.5. The number of nitrogens with one attached hydrogen (secondary N) is 1. The lowest BCUT2D eigenvalue weighted by Gasteiger charge is -2.34. The third kappa shape index (κ3) is 3.74. The number of benzene rings is 1. The van der Waals surface area contributed by atoms with E-state index in [-0.39, 0.29) is 11.8 Å². The van der Waals surface area contributed by atoms with Gasteiger partial charge in [0.1, 0.15) is 0 Å². The molecule has 0 bridgehead atoms. The van der Waals surface area contributed by atoms with Crippen LogP contribution in [0.1, 0.15) is 15.9 Å². The Labute approximate surface area is 139 Å². The third-order valence-electron chi connectivity index (χ3n) is 4.03. The number of carbonyl (C=O) groups excluding carboxylic acids is 2. The summed E-state index contributed by atoms with van der Waals surface area (Å²) < 4.78 is 0. The van der Waals surface area contributed by atoms with Crippen molar-refractivity contribution in [1.82, 2.24) is 14.8 Å². The Kier molecular flexibility index (Phi) is 4.67. The molecule has 6 heteroatoms. The van der Waals surface area contributed by atoms with Crippen LogP contribution in [0.15, 0.2) is 42.7 Å². The van der Waals surface area contributed by atoms with Gasteiger partial charge in [-0.1, -0.05) is 11.6 Å². The lowest BCUT2D eigenvalue weighted by Crippen LogP contribution is -2.51. The van der Waals surface area contributed by atoms with Gasteiger partial charge < -0.3 is 14.8 Å². The summed E-state index contributed by atoms with van der Waals surface area (Å²) in [4.78, 5) is 31.2. The van der Waals surface area contributed by atoms with E-state index in [0.29, 0.717) is 43.2 Å². The molecule has 1 aromatic heterocycles. The first kappa shape index (κ1) is 15.6. The van der Waals surface area contributed by atoms with Gasteiger partial charge in [-0.3, -0.25) is 9.59 Å². The van der Waals surface area contributed by atoms with Crippen molar-refractivity contribution in [1.29, 1.82) is 0 Å². The van der Waals surface area contributed by atoms with Crippen LogP contribution in [0.5, 0.6) is 0 Å². The second-order valence-electron chi connectivity index (χ2n) is 5.58. The van der Waals surface area contributed by atoms with Crippen LogP contribution in [0.2, 0.25) is 5.02 Å². The molecule has 2 amide bonds. The van der Waals surface area contributed by atoms with E-state index >= 15 is 0 Å². The van der Waals surface area contributed by atoms with Crippen LogP contribution in [0.3, 0.4) is 0 Å². The van der Waals surface area contributed by atoms with Gasteiger partial charge in [-0.15, -0.1) is 0 Å². The van der Waals surface area contributed by atoms with E-state index in [1.54, 1.807) is 29.2 Å². The van der Waals surface area contributed by atoms with Crippen molar-refractivity contribution in [2.75, 3.05) is 26.2 Å². The average molecular weight is 332 g/mol. The molecule has 1 saturated heterocycles. The summed E-state index contributed by atoms with van der Waals surface area (Å²) in [7, 11) is 0. The van der Waals surface area contributed by atoms with Crippen LogP contribution in [-0.2, 0) is 11.2 Å². The van der Waals surface area contributed by atoms with Crippen molar-refractivity contribution in [2.45, 2.75) is 6.42 Å². The van der Waals surface area contributed by atoms with Crippen molar-refractivity contribution < 1.29 is 9.59 Å². The summed E-state index contributed by atoms with van der Waals surface area (Å²) in [6, 6.07) is 8.79. The number of carbonyl (C=O) groups is 2. The zero-order valence-electron chi connectivity index (χ0n) is 12.7. The average Bonchev–Trinajstić information content (AvgIpc) is 3.08. The predicted octanol–water partition coefficient (Wildman–Crippen LogP) is 2.20. The molecule has 0 atom stereocenters. The van der Waals surface area contributed by atoms with E-state index in [0.717, 1.165) is 5.56 Å². The van der Waals surface area contributed by atoms with Crippen molar-refractivity contribution >= 4 is 23.4 Å². The van der Waals surface area contributed by atoms with E-state index in [2.05, 4.69) is 4.98 Å². The van der Waals surface area contributed by atoms with Crippen LogP contribution in [0.25, 0.3) is 0 Å². The number of hydrogen-bond donors (Lipinski definition) is 1. The standard InChI is InChI=1S/C17H18ClN3O2/c18-15-3-1-14(2-4-15)17(23)21-9-7-20(8-10-21)16(22)11-13-5-6-19-12-13/h1-6,12,19H,7-11H2. The van der Waals surface area contributed by atoms with Gasteiger partial charge in [0, 0.05) is 49.2 Å². The van der Waals surface area contributed by atoms with Gasteiger partial charge in [0.2, 0.25) is 5.91 Å². The molecule has 120 valence electrons. The molecule has 23 heavy (non-hydrogen) atoms. The van der Waals surface area contributed by atoms with Gasteiger partial charge in [0.25, 0.3) is 5.91 Å². The monoisotopic (exact) mass is 331 g/mol. The largest absolute Gasteiger partial charge is 0.367 e. The molecule has 2 aromatic rings. The fourth-order valence-electron chi connectivity index (χ4n) is 2.69. The Morgan fingerprint density at radius 3 is 2.26 bits per heavy atom. The zero-order chi connectivity index (χ0) is 16.2. The molecule has 0 unspecified atom stereocenters. The maximum Gasteiger partial charge on any atom is 0.253 e. The van der Waals surface area contributed by atoms with E-state index in [4.69, 9.17) is 11.6 Å². The van der Waals surface area contributed by atoms with E-state index in [1.807, 2.05) is 23.4 Å². The highest BCUT2D eigenvalue weighted by Crippen LogP contribution is 2.13. The van der Waals surface area contributed by atoms with Crippen molar-refractivity contribution in [2.24, 2.45) is 0 Å². The summed E-state index contributed by atoms with van der Waals surface area (Å²) in [6.07, 6.45) is 4.04. The van der Waals surface area contributed by atoms with E-state index < -0.39 is 0 Å². The number of piperazine rings is 1. The summed E-state index contributed by atoms with van der Waals surface area (Å²) in [5.74, 6) is 0.0857. The summed E-state index contributed by atoms with van der Waals surface area (Å²) in [6.45, 7) is 2.26. The fourth-order valence-corrected chi connectivity index (χ4v) is 2.81. The van der Waals surface area contributed by atoms with Gasteiger partial charge in [-0.05, 0) is 35.9 Å². The lowest BCUT2D eigenvalue weighted by molar-refractivity contribution is -0.131. The van der Waals surface area contributed by atoms with Crippen LogP contribution >= 0.6 is 11.6 Å². The number of H-pyrrole nitrogens is 1. The number of halogens is 1. The fraction of sp³-hybridized carbons (Fsp3) is 0.294. The molecule has 1 aliphatic rings. The first-order valence-corrected chi connectivity index (χ1v) is 7.95. The minimum atomic E-state index is -0.0144. The second-order valence-corrected chi connectivity index (χ2v) is 6.01. The number of nitrogens with zero attached hydrogens (tertiary/aromatic N) is 2. The minimum Gasteiger partial charge on any atom is -0.367 e. The molecule has 0 spiro atoms. The van der Waals surface area contributed by atoms with Crippen molar-refractivity contribution in [3.63, 3.8) is 0 Å². The smallest absolute Gasteiger partial charge is 0.253 e. The van der Waals surface area contributed by atoms with Crippen molar-refractivity contribution in [3.05, 3.63) is 58.9 Å². The Balaban J connectivity index is 1.54. The summed E-state index contributed by atoms with van der Waals surface area (Å²) in [5, 5.41) is 0.613. The first-order chi connectivity index (χ1) is 11.1. The molecule has 1 aromatic carbocycles. The van der Waals surface area contributed by atoms with Crippen LogP contribution in [0, 0.1) is 0 Å². The number of aromatic nitrogens is 1. The maximum atomic E-state index is 12.4. The highest BCUT2D eigenvalue weighted by Gasteiger charge is 2.24. The van der Waals surface area contributed by atoms with Crippen molar-refractivity contribution in [3.8, 4) is 0 Å². The molecule has 3 rings (SSSR count). The molecular formula is C17H18ClN3O2. The molecule has 2 heterocycles. The minimum absolute atomic E-state index is 0.0144. The maximum absolute atomic E-state index is 12.4. The summed E-state index contributed by atoms with van der Waals surface area (Å²) in [5.41, 5.74) is 1.61. The number of aromatic amines is 1. The quantitative estimate of drug-likeness (QED) is 0.937. The zero-order valence-corrected chi connectivity index (χ0v) is 13.4. The lowest BCUT2D eigenvalue weighted by atomic mass is 10.1. The molecule has 5 nitrogen and oxygen atoms in total. The second kappa shape index (κ2) is 6.87. The molecule has 0 saturated carbocycles. The SMILES string of the molecule is O=C(Cc1cc[nH]c1)N1CCN(C(=O)c2ccc(Cl)cc2)CC1. The Bertz CT molecular complexity index is 674. The molecular weight excluding hydrogens is 314 g/mol. The number of amides is 2. The molecule has 1 N–H and O–H groups in total. The number of rotatable bonds is 3. The van der Waals surface area contributed by atoms with Gasteiger partial charge in [0.15, 0.2) is 0 Å². The molecule has 0 aliphatic carbocycles. The molecule has 1 fully saturated rings. The first-order valence-electron chi connectivity index (χ1n) is 7.58. The Hall–Kier alpha value is -2.27. The normalized spacial score (nSPS) is 14.8. The molecule has 1 aliphatic heterocycles. The van der Waals surface area contributed by atoms with E-state index in [1.165, 1.54) is 0 Å². The third-order valence-corrected chi connectivity index (χ3v) is 4.28. The van der Waals surface area contributed by atoms with Crippen LogP contribution in [0.4, 0.5) is 0 Å². The highest BCUT2D eigenvalue weighted by molar-refractivity contribution is 6.30. The van der Waals surface area contributed by atoms with Gasteiger partial charge in [-0.25, -0.2) is 0 Å². The van der Waals surface area contributed by atoms with Gasteiger partial charge in [-0.2, -0.15) is 0 Å². The van der Waals surface area contributed by atoms with Crippen LogP contribution < -0.4 is 0 Å². The van der Waals surface area contributed by atoms with Crippen LogP contribution in [-0.4, -0.2) is 52.8 Å². The van der Waals surface area contributed by atoms with Gasteiger partial charge >= 0.3 is 0 Å². The Morgan fingerprint density at radius 1 is 1.00 bits per heavy atom. The number of hydrogen-bond acceptors (Lipinski definition) is 2. The van der Waals surface area contributed by atoms with E-state index in [9.17, 15) is 9.59 Å². The molecule has 0 radical (unpaired) electrons. The topological polar surface area (TPSA) is 56.4 Å². The summed E-state index contributed by atoms with van der Waals surface area (Å²) >= 11 is 5.84. The predicted molar refractivity (Wildman–Crippen MR) is 88.4 cm³/mol. The van der Waals surface area contributed by atoms with Gasteiger partial charge in [0.05, 0.1) is 6.42 Å². The Morgan fingerprint density at radius 2 is 1.65 bits per heavy atom.